The van der Waals surface area contributed by atoms with Gasteiger partial charge < -0.3 is 4.74 Å². The normalized spacial score (nSPS) is 11.2. The molecule has 7 heteroatoms. The highest BCUT2D eigenvalue weighted by molar-refractivity contribution is 9.11. The molecule has 0 saturated heterocycles. The van der Waals surface area contributed by atoms with Crippen molar-refractivity contribution in [2.45, 2.75) is 0 Å². The molecule has 0 unspecified atom stereocenters. The van der Waals surface area contributed by atoms with Crippen molar-refractivity contribution in [1.82, 2.24) is 8.75 Å². The van der Waals surface area contributed by atoms with Crippen LogP contribution in [-0.4, -0.2) is 15.9 Å². The van der Waals surface area contributed by atoms with E-state index in [2.05, 4.69) is 24.7 Å². The third-order valence-electron chi connectivity index (χ3n) is 4.94. The molecule has 0 aliphatic rings. The van der Waals surface area contributed by atoms with Crippen molar-refractivity contribution < 1.29 is 9.13 Å². The Morgan fingerprint density at radius 1 is 0.800 bits per heavy atom. The summed E-state index contributed by atoms with van der Waals surface area (Å²) in [5.41, 5.74) is 5.53. The fourth-order valence-electron chi connectivity index (χ4n) is 3.44. The molecule has 0 amide bonds. The Kier molecular flexibility index (Phi) is 5.10. The Morgan fingerprint density at radius 2 is 1.47 bits per heavy atom. The average molecular weight is 497 g/mol. The monoisotopic (exact) mass is 496 g/mol. The number of nitrogens with zero attached hydrogens (tertiary/aromatic N) is 2. The summed E-state index contributed by atoms with van der Waals surface area (Å²) in [5, 5.41) is 0. The quantitative estimate of drug-likeness (QED) is 0.256. The summed E-state index contributed by atoms with van der Waals surface area (Å²) < 4.78 is 30.4. The third kappa shape index (κ3) is 3.43. The fraction of sp³-hybridized carbons (Fsp3) is 0.0435. The van der Waals surface area contributed by atoms with Gasteiger partial charge in [-0.05, 0) is 57.4 Å². The second-order valence-electron chi connectivity index (χ2n) is 6.65. The molecule has 0 radical (unpaired) electrons. The first-order valence-corrected chi connectivity index (χ1v) is 11.4. The molecule has 148 valence electrons. The van der Waals surface area contributed by atoms with Crippen molar-refractivity contribution in [2.75, 3.05) is 7.11 Å². The van der Waals surface area contributed by atoms with Crippen molar-refractivity contribution in [3.63, 3.8) is 0 Å². The SMILES string of the molecule is COc1ccc(-c2ccc(-c3ccc(-c4ccc(Br)s4)c4nsnc34)c(F)c2)cc1. The standard InChI is InChI=1S/C23H14BrFN2OS2/c1-28-15-5-2-13(3-6-15)14-4-7-16(19(25)12-14)17-8-9-18(20-10-11-21(24)29-20)23-22(17)26-30-27-23/h2-12H,1H3. The van der Waals surface area contributed by atoms with Crippen molar-refractivity contribution in [1.29, 1.82) is 0 Å². The highest BCUT2D eigenvalue weighted by atomic mass is 79.9. The van der Waals surface area contributed by atoms with Crippen LogP contribution in [-0.2, 0) is 0 Å². The highest BCUT2D eigenvalue weighted by Crippen LogP contribution is 2.39. The van der Waals surface area contributed by atoms with Crippen LogP contribution in [0.4, 0.5) is 4.39 Å². The summed E-state index contributed by atoms with van der Waals surface area (Å²) in [6.45, 7) is 0. The zero-order valence-corrected chi connectivity index (χ0v) is 18.9. The Morgan fingerprint density at radius 3 is 2.13 bits per heavy atom. The second kappa shape index (κ2) is 7.91. The molecular weight excluding hydrogens is 483 g/mol. The van der Waals surface area contributed by atoms with Gasteiger partial charge in [0.15, 0.2) is 0 Å². The van der Waals surface area contributed by atoms with Crippen LogP contribution in [0.2, 0.25) is 0 Å². The summed E-state index contributed by atoms with van der Waals surface area (Å²) in [7, 11) is 1.63. The Labute approximate surface area is 189 Å². The topological polar surface area (TPSA) is 35.0 Å². The molecule has 0 aliphatic carbocycles. The molecule has 0 N–H and O–H groups in total. The molecule has 0 fully saturated rings. The van der Waals surface area contributed by atoms with Crippen molar-refractivity contribution in [2.24, 2.45) is 0 Å². The number of halogens is 2. The van der Waals surface area contributed by atoms with Crippen LogP contribution < -0.4 is 4.74 Å². The van der Waals surface area contributed by atoms with Gasteiger partial charge in [-0.1, -0.05) is 36.4 Å². The van der Waals surface area contributed by atoms with Crippen molar-refractivity contribution in [3.8, 4) is 38.4 Å². The smallest absolute Gasteiger partial charge is 0.131 e. The van der Waals surface area contributed by atoms with E-state index in [1.165, 1.54) is 0 Å². The summed E-state index contributed by atoms with van der Waals surface area (Å²) in [6, 6.07) is 20.9. The zero-order valence-electron chi connectivity index (χ0n) is 15.7. The maximum absolute atomic E-state index is 15.2. The minimum Gasteiger partial charge on any atom is -0.497 e. The van der Waals surface area contributed by atoms with Crippen LogP contribution in [0.15, 0.2) is 70.5 Å². The third-order valence-corrected chi connectivity index (χ3v) is 7.12. The van der Waals surface area contributed by atoms with Gasteiger partial charge in [-0.15, -0.1) is 11.3 Å². The first-order valence-electron chi connectivity index (χ1n) is 9.09. The average Bonchev–Trinajstić information content (AvgIpc) is 3.43. The van der Waals surface area contributed by atoms with Crippen molar-refractivity contribution in [3.05, 3.63) is 76.3 Å². The van der Waals surface area contributed by atoms with Gasteiger partial charge in [-0.2, -0.15) is 8.75 Å². The van der Waals surface area contributed by atoms with E-state index in [1.807, 2.05) is 60.7 Å². The zero-order chi connectivity index (χ0) is 20.7. The second-order valence-corrected chi connectivity index (χ2v) is 9.64. The fourth-order valence-corrected chi connectivity index (χ4v) is 5.42. The van der Waals surface area contributed by atoms with E-state index in [9.17, 15) is 0 Å². The number of methoxy groups -OCH3 is 1. The molecule has 5 rings (SSSR count). The van der Waals surface area contributed by atoms with Crippen LogP contribution >= 0.6 is 39.0 Å². The molecule has 3 nitrogen and oxygen atoms in total. The highest BCUT2D eigenvalue weighted by Gasteiger charge is 2.17. The van der Waals surface area contributed by atoms with Gasteiger partial charge in [0.2, 0.25) is 0 Å². The maximum atomic E-state index is 15.2. The number of hydrogen-bond acceptors (Lipinski definition) is 5. The maximum Gasteiger partial charge on any atom is 0.131 e. The van der Waals surface area contributed by atoms with Gasteiger partial charge in [0, 0.05) is 21.6 Å². The van der Waals surface area contributed by atoms with Crippen LogP contribution in [0, 0.1) is 5.82 Å². The molecule has 0 atom stereocenters. The Bertz CT molecular complexity index is 1360. The summed E-state index contributed by atoms with van der Waals surface area (Å²) >= 11 is 6.29. The molecular formula is C23H14BrFN2OS2. The summed E-state index contributed by atoms with van der Waals surface area (Å²) in [4.78, 5) is 1.10. The number of hydrogen-bond donors (Lipinski definition) is 0. The summed E-state index contributed by atoms with van der Waals surface area (Å²) in [5.74, 6) is 0.483. The number of fused-ring (bicyclic) bond motifs is 1. The van der Waals surface area contributed by atoms with Crippen LogP contribution in [0.3, 0.4) is 0 Å². The molecule has 30 heavy (non-hydrogen) atoms. The van der Waals surface area contributed by atoms with E-state index in [-0.39, 0.29) is 5.82 Å². The van der Waals surface area contributed by atoms with Gasteiger partial charge in [0.25, 0.3) is 0 Å². The van der Waals surface area contributed by atoms with Gasteiger partial charge in [-0.3, -0.25) is 0 Å². The number of aromatic nitrogens is 2. The number of ether oxygens (including phenoxy) is 1. The predicted octanol–water partition coefficient (Wildman–Crippen LogP) is 7.66. The molecule has 2 aromatic heterocycles. The molecule has 0 saturated carbocycles. The number of benzene rings is 3. The van der Waals surface area contributed by atoms with Gasteiger partial charge in [0.1, 0.15) is 22.6 Å². The van der Waals surface area contributed by atoms with E-state index >= 15 is 4.39 Å². The number of rotatable bonds is 4. The Balaban J connectivity index is 1.58. The van der Waals surface area contributed by atoms with E-state index in [4.69, 9.17) is 4.74 Å². The summed E-state index contributed by atoms with van der Waals surface area (Å²) in [6.07, 6.45) is 0. The van der Waals surface area contributed by atoms with Gasteiger partial charge >= 0.3 is 0 Å². The van der Waals surface area contributed by atoms with Gasteiger partial charge in [-0.25, -0.2) is 4.39 Å². The van der Waals surface area contributed by atoms with Crippen LogP contribution in [0.25, 0.3) is 43.7 Å². The molecule has 2 heterocycles. The first kappa shape index (κ1) is 19.4. The Hall–Kier alpha value is -2.61. The van der Waals surface area contributed by atoms with Crippen LogP contribution in [0.5, 0.6) is 5.75 Å². The molecule has 0 spiro atoms. The minimum atomic E-state index is -0.288. The van der Waals surface area contributed by atoms with Gasteiger partial charge in [0.05, 0.1) is 22.6 Å². The lowest BCUT2D eigenvalue weighted by Crippen LogP contribution is -1.89. The van der Waals surface area contributed by atoms with Crippen molar-refractivity contribution >= 4 is 50.0 Å². The first-order chi connectivity index (χ1) is 14.6. The minimum absolute atomic E-state index is 0.288. The lowest BCUT2D eigenvalue weighted by molar-refractivity contribution is 0.415. The lowest BCUT2D eigenvalue weighted by atomic mass is 9.97. The largest absolute Gasteiger partial charge is 0.497 e. The molecule has 0 bridgehead atoms. The number of thiophene rings is 1. The van der Waals surface area contributed by atoms with E-state index < -0.39 is 0 Å². The molecule has 5 aromatic rings. The molecule has 3 aromatic carbocycles. The lowest BCUT2D eigenvalue weighted by Gasteiger charge is -2.09. The van der Waals surface area contributed by atoms with E-state index in [0.717, 1.165) is 59.4 Å². The predicted molar refractivity (Wildman–Crippen MR) is 126 cm³/mol. The van der Waals surface area contributed by atoms with E-state index in [1.54, 1.807) is 24.5 Å². The molecule has 0 aliphatic heterocycles. The van der Waals surface area contributed by atoms with E-state index in [0.29, 0.717) is 5.56 Å². The van der Waals surface area contributed by atoms with Crippen LogP contribution in [0.1, 0.15) is 0 Å².